The highest BCUT2D eigenvalue weighted by Gasteiger charge is 1.97. The van der Waals surface area contributed by atoms with Crippen LogP contribution in [0.2, 0.25) is 5.02 Å². The molecule has 2 N–H and O–H groups in total. The van der Waals surface area contributed by atoms with Gasteiger partial charge < -0.3 is 5.73 Å². The summed E-state index contributed by atoms with van der Waals surface area (Å²) in [5.74, 6) is 0. The zero-order valence-electron chi connectivity index (χ0n) is 7.01. The van der Waals surface area contributed by atoms with Gasteiger partial charge in [-0.15, -0.1) is 12.4 Å². The van der Waals surface area contributed by atoms with E-state index in [-0.39, 0.29) is 12.4 Å². The maximum absolute atomic E-state index is 5.95. The van der Waals surface area contributed by atoms with Gasteiger partial charge in [0.15, 0.2) is 0 Å². The van der Waals surface area contributed by atoms with Gasteiger partial charge >= 0.3 is 0 Å². The number of benzene rings is 1. The van der Waals surface area contributed by atoms with E-state index in [9.17, 15) is 0 Å². The third-order valence-corrected chi connectivity index (χ3v) is 1.97. The number of aryl methyl sites for hydroxylation is 1. The van der Waals surface area contributed by atoms with E-state index < -0.39 is 0 Å². The third-order valence-electron chi connectivity index (χ3n) is 1.62. The minimum Gasteiger partial charge on any atom is -0.330 e. The quantitative estimate of drug-likeness (QED) is 0.790. The summed E-state index contributed by atoms with van der Waals surface area (Å²) in [5, 5.41) is 0.829. The molecule has 0 amide bonds. The second-order valence-corrected chi connectivity index (χ2v) is 3.04. The van der Waals surface area contributed by atoms with Gasteiger partial charge in [0.25, 0.3) is 0 Å². The topological polar surface area (TPSA) is 26.0 Å². The predicted molar refractivity (Wildman–Crippen MR) is 56.2 cm³/mol. The molecule has 0 aliphatic heterocycles. The van der Waals surface area contributed by atoms with Crippen LogP contribution in [0.5, 0.6) is 0 Å². The van der Waals surface area contributed by atoms with Gasteiger partial charge in [0.1, 0.15) is 0 Å². The Labute approximate surface area is 84.3 Å². The third kappa shape index (κ3) is 3.02. The summed E-state index contributed by atoms with van der Waals surface area (Å²) in [6.07, 6.45) is 0.860. The molecule has 0 heterocycles. The van der Waals surface area contributed by atoms with E-state index in [1.54, 1.807) is 0 Å². The monoisotopic (exact) mass is 205 g/mol. The average molecular weight is 206 g/mol. The highest BCUT2D eigenvalue weighted by Crippen LogP contribution is 2.17. The first-order valence-electron chi connectivity index (χ1n) is 3.69. The van der Waals surface area contributed by atoms with E-state index in [4.69, 9.17) is 17.3 Å². The Morgan fingerprint density at radius 3 is 2.58 bits per heavy atom. The molecular weight excluding hydrogens is 193 g/mol. The summed E-state index contributed by atoms with van der Waals surface area (Å²) in [4.78, 5) is 0. The first kappa shape index (κ1) is 11.8. The summed E-state index contributed by atoms with van der Waals surface area (Å²) in [6, 6.07) is 6.05. The molecule has 1 aromatic carbocycles. The molecule has 0 aliphatic carbocycles. The van der Waals surface area contributed by atoms with Crippen LogP contribution in [0.25, 0.3) is 0 Å². The van der Waals surface area contributed by atoms with Crippen molar-refractivity contribution in [3.63, 3.8) is 0 Å². The smallest absolute Gasteiger partial charge is 0.0441 e. The van der Waals surface area contributed by atoms with E-state index in [1.807, 2.05) is 19.1 Å². The van der Waals surface area contributed by atoms with E-state index in [1.165, 1.54) is 5.56 Å². The van der Waals surface area contributed by atoms with Crippen LogP contribution in [-0.2, 0) is 6.42 Å². The lowest BCUT2D eigenvalue weighted by Gasteiger charge is -2.02. The molecule has 0 aromatic heterocycles. The second kappa shape index (κ2) is 5.41. The fourth-order valence-electron chi connectivity index (χ4n) is 1.01. The zero-order chi connectivity index (χ0) is 8.27. The van der Waals surface area contributed by atoms with Crippen molar-refractivity contribution in [2.45, 2.75) is 13.3 Å². The summed E-state index contributed by atoms with van der Waals surface area (Å²) >= 11 is 5.95. The van der Waals surface area contributed by atoms with Crippen molar-refractivity contribution in [2.24, 2.45) is 5.73 Å². The lowest BCUT2D eigenvalue weighted by molar-refractivity contribution is 0.968. The highest BCUT2D eigenvalue weighted by atomic mass is 35.5. The van der Waals surface area contributed by atoms with E-state index in [0.29, 0.717) is 6.54 Å². The van der Waals surface area contributed by atoms with Crippen LogP contribution in [-0.4, -0.2) is 6.54 Å². The first-order chi connectivity index (χ1) is 5.24. The van der Waals surface area contributed by atoms with Crippen LogP contribution in [0.3, 0.4) is 0 Å². The number of hydrogen-bond donors (Lipinski definition) is 1. The lowest BCUT2D eigenvalue weighted by atomic mass is 10.1. The summed E-state index contributed by atoms with van der Waals surface area (Å²) in [6.45, 7) is 2.68. The molecule has 0 spiro atoms. The molecule has 0 unspecified atom stereocenters. The average Bonchev–Trinajstić information content (AvgIpc) is 1.95. The van der Waals surface area contributed by atoms with Crippen molar-refractivity contribution in [3.05, 3.63) is 34.3 Å². The van der Waals surface area contributed by atoms with E-state index in [0.717, 1.165) is 17.0 Å². The van der Waals surface area contributed by atoms with Crippen molar-refractivity contribution >= 4 is 24.0 Å². The van der Waals surface area contributed by atoms with Crippen LogP contribution >= 0.6 is 24.0 Å². The molecule has 0 saturated carbocycles. The standard InChI is InChI=1S/C9H12ClN.ClH/c1-7-2-3-8(4-5-11)9(10)6-7;/h2-3,6H,4-5,11H2,1H3;1H. The second-order valence-electron chi connectivity index (χ2n) is 2.63. The Kier molecular flexibility index (Phi) is 5.31. The van der Waals surface area contributed by atoms with E-state index >= 15 is 0 Å². The largest absolute Gasteiger partial charge is 0.330 e. The van der Waals surface area contributed by atoms with Gasteiger partial charge in [-0.25, -0.2) is 0 Å². The Morgan fingerprint density at radius 2 is 2.08 bits per heavy atom. The molecule has 12 heavy (non-hydrogen) atoms. The van der Waals surface area contributed by atoms with E-state index in [2.05, 4.69) is 6.07 Å². The Bertz CT molecular complexity index is 248. The highest BCUT2D eigenvalue weighted by molar-refractivity contribution is 6.31. The Hall–Kier alpha value is -0.240. The molecule has 1 aromatic rings. The molecule has 0 radical (unpaired) electrons. The van der Waals surface area contributed by atoms with Gasteiger partial charge in [-0.05, 0) is 37.1 Å². The lowest BCUT2D eigenvalue weighted by Crippen LogP contribution is -2.02. The van der Waals surface area contributed by atoms with Crippen molar-refractivity contribution in [1.82, 2.24) is 0 Å². The van der Waals surface area contributed by atoms with Crippen molar-refractivity contribution in [3.8, 4) is 0 Å². The van der Waals surface area contributed by atoms with Crippen LogP contribution in [0.1, 0.15) is 11.1 Å². The molecule has 0 bridgehead atoms. The molecule has 1 nitrogen and oxygen atoms in total. The Balaban J connectivity index is 0.00000121. The van der Waals surface area contributed by atoms with Gasteiger partial charge in [-0.2, -0.15) is 0 Å². The molecular formula is C9H13Cl2N. The van der Waals surface area contributed by atoms with Crippen molar-refractivity contribution in [1.29, 1.82) is 0 Å². The fraction of sp³-hybridized carbons (Fsp3) is 0.333. The summed E-state index contributed by atoms with van der Waals surface area (Å²) in [7, 11) is 0. The molecule has 68 valence electrons. The first-order valence-corrected chi connectivity index (χ1v) is 4.07. The number of rotatable bonds is 2. The van der Waals surface area contributed by atoms with Crippen LogP contribution in [0.4, 0.5) is 0 Å². The summed E-state index contributed by atoms with van der Waals surface area (Å²) < 4.78 is 0. The summed E-state index contributed by atoms with van der Waals surface area (Å²) in [5.41, 5.74) is 7.74. The van der Waals surface area contributed by atoms with Crippen molar-refractivity contribution < 1.29 is 0 Å². The van der Waals surface area contributed by atoms with Gasteiger partial charge in [-0.1, -0.05) is 23.7 Å². The minimum atomic E-state index is 0. The number of nitrogens with two attached hydrogens (primary N) is 1. The van der Waals surface area contributed by atoms with Gasteiger partial charge in [0, 0.05) is 5.02 Å². The van der Waals surface area contributed by atoms with Crippen LogP contribution in [0, 0.1) is 6.92 Å². The maximum Gasteiger partial charge on any atom is 0.0441 e. The van der Waals surface area contributed by atoms with Gasteiger partial charge in [-0.3, -0.25) is 0 Å². The zero-order valence-corrected chi connectivity index (χ0v) is 8.58. The maximum atomic E-state index is 5.95. The molecule has 0 atom stereocenters. The fourth-order valence-corrected chi connectivity index (χ4v) is 1.34. The molecule has 0 fully saturated rings. The van der Waals surface area contributed by atoms with Crippen LogP contribution < -0.4 is 5.73 Å². The number of hydrogen-bond acceptors (Lipinski definition) is 1. The molecule has 3 heteroatoms. The van der Waals surface area contributed by atoms with Crippen molar-refractivity contribution in [2.75, 3.05) is 6.54 Å². The van der Waals surface area contributed by atoms with Gasteiger partial charge in [0.05, 0.1) is 0 Å². The predicted octanol–water partition coefficient (Wildman–Crippen LogP) is 2.57. The minimum absolute atomic E-state index is 0. The normalized spacial score (nSPS) is 9.25. The Morgan fingerprint density at radius 1 is 1.42 bits per heavy atom. The molecule has 1 rings (SSSR count). The van der Waals surface area contributed by atoms with Gasteiger partial charge in [0.2, 0.25) is 0 Å². The molecule has 0 saturated heterocycles. The van der Waals surface area contributed by atoms with Crippen LogP contribution in [0.15, 0.2) is 18.2 Å². The molecule has 0 aliphatic rings. The number of halogens is 2. The SMILES string of the molecule is Cc1ccc(CCN)c(Cl)c1.Cl.